The Hall–Kier alpha value is -1.66. The van der Waals surface area contributed by atoms with E-state index in [0.717, 1.165) is 4.68 Å². The normalized spacial score (nSPS) is 24.0. The molecule has 0 bridgehead atoms. The number of alkyl halides is 2. The number of nitrogens with one attached hydrogen (secondary N) is 1. The van der Waals surface area contributed by atoms with Crippen molar-refractivity contribution in [2.24, 2.45) is 0 Å². The van der Waals surface area contributed by atoms with Crippen LogP contribution in [0.4, 0.5) is 14.6 Å². The van der Waals surface area contributed by atoms with Gasteiger partial charge in [-0.25, -0.2) is 18.3 Å². The summed E-state index contributed by atoms with van der Waals surface area (Å²) in [4.78, 5) is 10.7. The summed E-state index contributed by atoms with van der Waals surface area (Å²) in [6.45, 7) is 1.77. The van der Waals surface area contributed by atoms with Gasteiger partial charge in [0.2, 0.25) is 0 Å². The van der Waals surface area contributed by atoms with Gasteiger partial charge in [-0.15, -0.1) is 0 Å². The predicted molar refractivity (Wildman–Crippen MR) is 51.9 cm³/mol. The van der Waals surface area contributed by atoms with Crippen molar-refractivity contribution >= 4 is 11.8 Å². The van der Waals surface area contributed by atoms with Gasteiger partial charge in [-0.2, -0.15) is 5.10 Å². The number of carboxylic acid groups (broad SMARTS) is 1. The topological polar surface area (TPSA) is 67.2 Å². The van der Waals surface area contributed by atoms with E-state index in [0.29, 0.717) is 5.82 Å². The molecule has 2 N–H and O–H groups in total. The first-order valence-corrected chi connectivity index (χ1v) is 4.86. The summed E-state index contributed by atoms with van der Waals surface area (Å²) in [6, 6.07) is 0.0945. The lowest BCUT2D eigenvalue weighted by Gasteiger charge is -2.29. The molecule has 5 nitrogen and oxygen atoms in total. The number of fused-ring (bicyclic) bond motifs is 1. The van der Waals surface area contributed by atoms with Crippen LogP contribution in [0.3, 0.4) is 0 Å². The lowest BCUT2D eigenvalue weighted by Crippen LogP contribution is -2.33. The zero-order valence-corrected chi connectivity index (χ0v) is 8.52. The minimum atomic E-state index is -2.55. The average Bonchev–Trinajstić information content (AvgIpc) is 2.59. The maximum atomic E-state index is 12.7. The Bertz CT molecular complexity index is 419. The van der Waals surface area contributed by atoms with Gasteiger partial charge in [0.15, 0.2) is 5.69 Å². The molecule has 2 atom stereocenters. The third-order valence-corrected chi connectivity index (χ3v) is 2.55. The molecule has 0 radical (unpaired) electrons. The maximum absolute atomic E-state index is 12.7. The Morgan fingerprint density at radius 1 is 1.75 bits per heavy atom. The summed E-state index contributed by atoms with van der Waals surface area (Å²) in [5.74, 6) is -0.884. The van der Waals surface area contributed by atoms with Crippen molar-refractivity contribution < 1.29 is 18.7 Å². The molecule has 0 saturated heterocycles. The molecule has 7 heteroatoms. The van der Waals surface area contributed by atoms with Crippen LogP contribution in [0.2, 0.25) is 0 Å². The maximum Gasteiger partial charge on any atom is 0.356 e. The van der Waals surface area contributed by atoms with Gasteiger partial charge in [0, 0.05) is 12.1 Å². The highest BCUT2D eigenvalue weighted by atomic mass is 19.3. The summed E-state index contributed by atoms with van der Waals surface area (Å²) in [5.41, 5.74) is -0.220. The monoisotopic (exact) mass is 231 g/mol. The van der Waals surface area contributed by atoms with Crippen LogP contribution < -0.4 is 5.32 Å². The molecule has 0 saturated carbocycles. The highest BCUT2D eigenvalue weighted by Gasteiger charge is 2.32. The molecule has 0 unspecified atom stereocenters. The quantitative estimate of drug-likeness (QED) is 0.811. The van der Waals surface area contributed by atoms with Crippen LogP contribution in [0.5, 0.6) is 0 Å². The Kier molecular flexibility index (Phi) is 2.53. The molecule has 2 rings (SSSR count). The number of carbonyl (C=O) groups is 1. The molecular weight excluding hydrogens is 220 g/mol. The van der Waals surface area contributed by atoms with Crippen molar-refractivity contribution in [3.8, 4) is 0 Å². The van der Waals surface area contributed by atoms with Gasteiger partial charge in [-0.05, 0) is 13.3 Å². The SMILES string of the molecule is C[C@H]1C[C@@H](C(F)F)n2nc(C(=O)O)cc2N1. The van der Waals surface area contributed by atoms with Crippen LogP contribution in [0.1, 0.15) is 29.9 Å². The number of nitrogens with zero attached hydrogens (tertiary/aromatic N) is 2. The summed E-state index contributed by atoms with van der Waals surface area (Å²) in [7, 11) is 0. The van der Waals surface area contributed by atoms with E-state index in [9.17, 15) is 13.6 Å². The largest absolute Gasteiger partial charge is 0.476 e. The van der Waals surface area contributed by atoms with Gasteiger partial charge in [-0.1, -0.05) is 0 Å². The van der Waals surface area contributed by atoms with E-state index in [4.69, 9.17) is 5.11 Å². The predicted octanol–water partition coefficient (Wildman–Crippen LogP) is 1.59. The Morgan fingerprint density at radius 2 is 2.44 bits per heavy atom. The summed E-state index contributed by atoms with van der Waals surface area (Å²) in [6.07, 6.45) is -2.32. The number of rotatable bonds is 2. The minimum Gasteiger partial charge on any atom is -0.476 e. The molecule has 0 aliphatic carbocycles. The third-order valence-electron chi connectivity index (χ3n) is 2.55. The van der Waals surface area contributed by atoms with Crippen molar-refractivity contribution in [3.63, 3.8) is 0 Å². The third kappa shape index (κ3) is 1.72. The van der Waals surface area contributed by atoms with E-state index in [1.54, 1.807) is 6.92 Å². The van der Waals surface area contributed by atoms with Crippen molar-refractivity contribution in [1.29, 1.82) is 0 Å². The van der Waals surface area contributed by atoms with Crippen LogP contribution in [-0.2, 0) is 0 Å². The first-order chi connectivity index (χ1) is 7.49. The number of halogens is 2. The van der Waals surface area contributed by atoms with Gasteiger partial charge in [0.05, 0.1) is 0 Å². The molecule has 2 heterocycles. The van der Waals surface area contributed by atoms with Gasteiger partial charge in [-0.3, -0.25) is 0 Å². The molecule has 0 spiro atoms. The lowest BCUT2D eigenvalue weighted by atomic mass is 10.1. The number of hydrogen-bond acceptors (Lipinski definition) is 3. The molecule has 1 aromatic heterocycles. The highest BCUT2D eigenvalue weighted by molar-refractivity contribution is 5.86. The van der Waals surface area contributed by atoms with E-state index in [1.165, 1.54) is 6.07 Å². The van der Waals surface area contributed by atoms with Crippen molar-refractivity contribution in [3.05, 3.63) is 11.8 Å². The van der Waals surface area contributed by atoms with Crippen LogP contribution in [-0.4, -0.2) is 33.3 Å². The van der Waals surface area contributed by atoms with Gasteiger partial charge in [0.25, 0.3) is 6.43 Å². The van der Waals surface area contributed by atoms with Crippen LogP contribution in [0.25, 0.3) is 0 Å². The van der Waals surface area contributed by atoms with Crippen molar-refractivity contribution in [1.82, 2.24) is 9.78 Å². The number of hydrogen-bond donors (Lipinski definition) is 2. The first-order valence-electron chi connectivity index (χ1n) is 4.86. The fourth-order valence-electron chi connectivity index (χ4n) is 1.84. The Labute approximate surface area is 90.1 Å². The smallest absolute Gasteiger partial charge is 0.356 e. The lowest BCUT2D eigenvalue weighted by molar-refractivity contribution is 0.0630. The molecular formula is C9H11F2N3O2. The number of carboxylic acids is 1. The van der Waals surface area contributed by atoms with E-state index >= 15 is 0 Å². The zero-order chi connectivity index (χ0) is 11.9. The number of anilines is 1. The molecule has 1 aliphatic heterocycles. The molecule has 88 valence electrons. The molecule has 0 fully saturated rings. The molecule has 16 heavy (non-hydrogen) atoms. The van der Waals surface area contributed by atoms with Gasteiger partial charge in [0.1, 0.15) is 11.9 Å². The number of aromatic carboxylic acids is 1. The summed E-state index contributed by atoms with van der Waals surface area (Å²) in [5, 5.41) is 15.3. The van der Waals surface area contributed by atoms with E-state index in [1.807, 2.05) is 0 Å². The zero-order valence-electron chi connectivity index (χ0n) is 8.52. The van der Waals surface area contributed by atoms with Gasteiger partial charge < -0.3 is 10.4 Å². The van der Waals surface area contributed by atoms with Gasteiger partial charge >= 0.3 is 5.97 Å². The standard InChI is InChI=1S/C9H11F2N3O2/c1-4-2-6(8(10)11)14-7(12-4)3-5(13-14)9(15)16/h3-4,6,8,12H,2H2,1H3,(H,15,16)/t4-,6-/m0/s1. The summed E-state index contributed by atoms with van der Waals surface area (Å²) >= 11 is 0. The second-order valence-electron chi connectivity index (χ2n) is 3.85. The van der Waals surface area contributed by atoms with Crippen LogP contribution in [0.15, 0.2) is 6.07 Å². The van der Waals surface area contributed by atoms with Crippen molar-refractivity contribution in [2.75, 3.05) is 5.32 Å². The van der Waals surface area contributed by atoms with E-state index < -0.39 is 18.4 Å². The first kappa shape index (κ1) is 10.8. The molecule has 1 aromatic rings. The highest BCUT2D eigenvalue weighted by Crippen LogP contribution is 2.31. The van der Waals surface area contributed by atoms with E-state index in [2.05, 4.69) is 10.4 Å². The Morgan fingerprint density at radius 3 is 3.00 bits per heavy atom. The van der Waals surface area contributed by atoms with Crippen molar-refractivity contribution in [2.45, 2.75) is 31.9 Å². The summed E-state index contributed by atoms with van der Waals surface area (Å²) < 4.78 is 26.6. The second kappa shape index (κ2) is 3.73. The average molecular weight is 231 g/mol. The second-order valence-corrected chi connectivity index (χ2v) is 3.85. The minimum absolute atomic E-state index is 0.121. The molecule has 0 amide bonds. The number of aromatic nitrogens is 2. The Balaban J connectivity index is 2.41. The van der Waals surface area contributed by atoms with E-state index in [-0.39, 0.29) is 18.2 Å². The molecule has 0 aromatic carbocycles. The fraction of sp³-hybridized carbons (Fsp3) is 0.556. The molecule has 1 aliphatic rings. The fourth-order valence-corrected chi connectivity index (χ4v) is 1.84. The van der Waals surface area contributed by atoms with Crippen LogP contribution in [0, 0.1) is 0 Å². The van der Waals surface area contributed by atoms with Crippen LogP contribution >= 0.6 is 0 Å².